The van der Waals surface area contributed by atoms with Gasteiger partial charge in [0, 0.05) is 18.3 Å². The van der Waals surface area contributed by atoms with Crippen LogP contribution in [0.3, 0.4) is 0 Å². The number of aromatic nitrogens is 2. The van der Waals surface area contributed by atoms with E-state index in [4.69, 9.17) is 5.73 Å². The van der Waals surface area contributed by atoms with Crippen molar-refractivity contribution in [2.75, 3.05) is 0 Å². The maximum Gasteiger partial charge on any atom is 0.159 e. The van der Waals surface area contributed by atoms with Gasteiger partial charge in [0.25, 0.3) is 0 Å². The molecule has 4 heteroatoms. The third-order valence-corrected chi connectivity index (χ3v) is 2.45. The van der Waals surface area contributed by atoms with Gasteiger partial charge in [-0.1, -0.05) is 0 Å². The summed E-state index contributed by atoms with van der Waals surface area (Å²) >= 11 is 0. The van der Waals surface area contributed by atoms with E-state index in [0.29, 0.717) is 12.1 Å². The van der Waals surface area contributed by atoms with Crippen LogP contribution in [0.25, 0.3) is 5.69 Å². The topological polar surface area (TPSA) is 60.9 Å². The maximum absolute atomic E-state index is 11.1. The molecule has 0 saturated carbocycles. The van der Waals surface area contributed by atoms with Crippen LogP contribution in [0.1, 0.15) is 23.0 Å². The lowest BCUT2D eigenvalue weighted by Gasteiger charge is -2.06. The fourth-order valence-corrected chi connectivity index (χ4v) is 1.56. The van der Waals surface area contributed by atoms with Gasteiger partial charge in [0.1, 0.15) is 0 Å². The highest BCUT2D eigenvalue weighted by Gasteiger charge is 2.04. The predicted octanol–water partition coefficient (Wildman–Crippen LogP) is 1.53. The average Bonchev–Trinajstić information content (AvgIpc) is 2.77. The van der Waals surface area contributed by atoms with Crippen molar-refractivity contribution >= 4 is 5.78 Å². The third-order valence-electron chi connectivity index (χ3n) is 2.45. The third kappa shape index (κ3) is 1.87. The Morgan fingerprint density at radius 1 is 1.31 bits per heavy atom. The molecule has 0 bridgehead atoms. The number of carbonyl (C=O) groups excluding carboxylic acids is 1. The van der Waals surface area contributed by atoms with Crippen molar-refractivity contribution < 1.29 is 4.79 Å². The van der Waals surface area contributed by atoms with Gasteiger partial charge in [-0.05, 0) is 37.3 Å². The van der Waals surface area contributed by atoms with Crippen LogP contribution in [-0.4, -0.2) is 15.6 Å². The Kier molecular flexibility index (Phi) is 2.83. The molecule has 0 unspecified atom stereocenters. The summed E-state index contributed by atoms with van der Waals surface area (Å²) in [5.74, 6) is 0.0612. The molecule has 0 spiro atoms. The van der Waals surface area contributed by atoms with E-state index in [1.807, 2.05) is 18.2 Å². The summed E-state index contributed by atoms with van der Waals surface area (Å²) in [5, 5.41) is 4.18. The molecule has 16 heavy (non-hydrogen) atoms. The van der Waals surface area contributed by atoms with Crippen LogP contribution >= 0.6 is 0 Å². The SMILES string of the molecule is CC(=O)c1ccc(-n2nccc2CN)cc1. The van der Waals surface area contributed by atoms with Crippen LogP contribution in [0.5, 0.6) is 0 Å². The van der Waals surface area contributed by atoms with E-state index in [0.717, 1.165) is 11.4 Å². The molecule has 4 nitrogen and oxygen atoms in total. The fourth-order valence-electron chi connectivity index (χ4n) is 1.56. The predicted molar refractivity (Wildman–Crippen MR) is 61.5 cm³/mol. The van der Waals surface area contributed by atoms with Gasteiger partial charge >= 0.3 is 0 Å². The zero-order valence-corrected chi connectivity index (χ0v) is 9.05. The van der Waals surface area contributed by atoms with E-state index < -0.39 is 0 Å². The first-order valence-corrected chi connectivity index (χ1v) is 5.06. The van der Waals surface area contributed by atoms with Gasteiger partial charge in [0.15, 0.2) is 5.78 Å². The zero-order valence-electron chi connectivity index (χ0n) is 9.05. The van der Waals surface area contributed by atoms with Crippen LogP contribution in [0, 0.1) is 0 Å². The normalized spacial score (nSPS) is 10.4. The van der Waals surface area contributed by atoms with Crippen molar-refractivity contribution in [1.29, 1.82) is 0 Å². The van der Waals surface area contributed by atoms with E-state index >= 15 is 0 Å². The number of rotatable bonds is 3. The molecular weight excluding hydrogens is 202 g/mol. The lowest BCUT2D eigenvalue weighted by atomic mass is 10.1. The van der Waals surface area contributed by atoms with Crippen molar-refractivity contribution in [2.24, 2.45) is 5.73 Å². The minimum absolute atomic E-state index is 0.0612. The Balaban J connectivity index is 2.38. The molecule has 1 aromatic heterocycles. The fraction of sp³-hybridized carbons (Fsp3) is 0.167. The quantitative estimate of drug-likeness (QED) is 0.790. The monoisotopic (exact) mass is 215 g/mol. The highest BCUT2D eigenvalue weighted by Crippen LogP contribution is 2.11. The highest BCUT2D eigenvalue weighted by molar-refractivity contribution is 5.94. The van der Waals surface area contributed by atoms with Gasteiger partial charge in [0.05, 0.1) is 11.4 Å². The maximum atomic E-state index is 11.1. The molecule has 0 amide bonds. The van der Waals surface area contributed by atoms with Crippen molar-refractivity contribution in [3.8, 4) is 5.69 Å². The van der Waals surface area contributed by atoms with Crippen LogP contribution in [0.2, 0.25) is 0 Å². The molecule has 0 atom stereocenters. The van der Waals surface area contributed by atoms with Gasteiger partial charge in [-0.15, -0.1) is 0 Å². The summed E-state index contributed by atoms with van der Waals surface area (Å²) in [7, 11) is 0. The van der Waals surface area contributed by atoms with Crippen molar-refractivity contribution in [3.05, 3.63) is 47.8 Å². The molecule has 2 N–H and O–H groups in total. The van der Waals surface area contributed by atoms with Crippen LogP contribution in [-0.2, 0) is 6.54 Å². The zero-order chi connectivity index (χ0) is 11.5. The summed E-state index contributed by atoms with van der Waals surface area (Å²) in [6.45, 7) is 1.99. The molecule has 2 rings (SSSR count). The minimum Gasteiger partial charge on any atom is -0.325 e. The standard InChI is InChI=1S/C12H13N3O/c1-9(16)10-2-4-11(5-3-10)15-12(8-13)6-7-14-15/h2-7H,8,13H2,1H3. The molecule has 0 aliphatic rings. The highest BCUT2D eigenvalue weighted by atomic mass is 16.1. The molecule has 0 saturated heterocycles. The Morgan fingerprint density at radius 3 is 2.56 bits per heavy atom. The number of hydrogen-bond donors (Lipinski definition) is 1. The van der Waals surface area contributed by atoms with E-state index in [1.165, 1.54) is 0 Å². The number of ketones is 1. The van der Waals surface area contributed by atoms with E-state index in [2.05, 4.69) is 5.10 Å². The number of Topliss-reactive ketones (excluding diaryl/α,β-unsaturated/α-hetero) is 1. The molecule has 1 heterocycles. The molecular formula is C12H13N3O. The molecule has 2 aromatic rings. The Hall–Kier alpha value is -1.94. The second kappa shape index (κ2) is 4.28. The second-order valence-electron chi connectivity index (χ2n) is 3.54. The van der Waals surface area contributed by atoms with Crippen LogP contribution < -0.4 is 5.73 Å². The first-order chi connectivity index (χ1) is 7.72. The Morgan fingerprint density at radius 2 is 2.00 bits per heavy atom. The van der Waals surface area contributed by atoms with E-state index in [1.54, 1.807) is 29.9 Å². The minimum atomic E-state index is 0.0612. The van der Waals surface area contributed by atoms with Gasteiger partial charge in [-0.3, -0.25) is 4.79 Å². The molecule has 0 aliphatic heterocycles. The molecule has 0 radical (unpaired) electrons. The van der Waals surface area contributed by atoms with Gasteiger partial charge in [-0.2, -0.15) is 5.10 Å². The average molecular weight is 215 g/mol. The summed E-state index contributed by atoms with van der Waals surface area (Å²) < 4.78 is 1.77. The van der Waals surface area contributed by atoms with E-state index in [-0.39, 0.29) is 5.78 Å². The van der Waals surface area contributed by atoms with Crippen LogP contribution in [0.15, 0.2) is 36.5 Å². The van der Waals surface area contributed by atoms with Gasteiger partial charge in [-0.25, -0.2) is 4.68 Å². The molecule has 0 aliphatic carbocycles. The number of benzene rings is 1. The lowest BCUT2D eigenvalue weighted by Crippen LogP contribution is -2.06. The first kappa shape index (κ1) is 10.6. The summed E-state index contributed by atoms with van der Waals surface area (Å²) in [6, 6.07) is 9.18. The molecule has 1 aromatic carbocycles. The summed E-state index contributed by atoms with van der Waals surface area (Å²) in [6.07, 6.45) is 1.71. The van der Waals surface area contributed by atoms with Crippen molar-refractivity contribution in [2.45, 2.75) is 13.5 Å². The van der Waals surface area contributed by atoms with Crippen molar-refractivity contribution in [3.63, 3.8) is 0 Å². The number of nitrogens with two attached hydrogens (primary N) is 1. The molecule has 82 valence electrons. The Labute approximate surface area is 93.7 Å². The second-order valence-corrected chi connectivity index (χ2v) is 3.54. The van der Waals surface area contributed by atoms with Gasteiger partial charge in [0.2, 0.25) is 0 Å². The van der Waals surface area contributed by atoms with E-state index in [9.17, 15) is 4.79 Å². The summed E-state index contributed by atoms with van der Waals surface area (Å²) in [5.41, 5.74) is 8.15. The van der Waals surface area contributed by atoms with Crippen molar-refractivity contribution in [1.82, 2.24) is 9.78 Å². The first-order valence-electron chi connectivity index (χ1n) is 5.06. The Bertz CT molecular complexity index is 499. The number of hydrogen-bond acceptors (Lipinski definition) is 3. The lowest BCUT2D eigenvalue weighted by molar-refractivity contribution is 0.101. The largest absolute Gasteiger partial charge is 0.325 e. The number of nitrogens with zero attached hydrogens (tertiary/aromatic N) is 2. The summed E-state index contributed by atoms with van der Waals surface area (Å²) in [4.78, 5) is 11.1. The smallest absolute Gasteiger partial charge is 0.159 e. The van der Waals surface area contributed by atoms with Crippen LogP contribution in [0.4, 0.5) is 0 Å². The number of carbonyl (C=O) groups is 1. The molecule has 0 fully saturated rings. The van der Waals surface area contributed by atoms with Gasteiger partial charge < -0.3 is 5.73 Å².